The van der Waals surface area contributed by atoms with Gasteiger partial charge < -0.3 is 0 Å². The first-order valence-electron chi connectivity index (χ1n) is 7.11. The van der Waals surface area contributed by atoms with E-state index < -0.39 is 0 Å². The van der Waals surface area contributed by atoms with Crippen LogP contribution in [-0.2, 0) is 5.75 Å². The summed E-state index contributed by atoms with van der Waals surface area (Å²) in [6, 6.07) is 8.21. The summed E-state index contributed by atoms with van der Waals surface area (Å²) < 4.78 is 0. The van der Waals surface area contributed by atoms with Crippen molar-refractivity contribution in [1.29, 1.82) is 0 Å². The summed E-state index contributed by atoms with van der Waals surface area (Å²) in [5, 5.41) is 0.972. The van der Waals surface area contributed by atoms with Crippen molar-refractivity contribution in [3.8, 4) is 0 Å². The van der Waals surface area contributed by atoms with Gasteiger partial charge in [0.1, 0.15) is 0 Å². The third-order valence-electron chi connectivity index (χ3n) is 3.83. The van der Waals surface area contributed by atoms with E-state index >= 15 is 0 Å². The molecule has 1 atom stereocenters. The highest BCUT2D eigenvalue weighted by atomic mass is 32.2. The molecule has 1 fully saturated rings. The van der Waals surface area contributed by atoms with Crippen LogP contribution in [-0.4, -0.2) is 16.8 Å². The molecule has 1 unspecified atom stereocenters. The maximum atomic E-state index is 11.6. The molecule has 1 aromatic rings. The molecule has 20 heavy (non-hydrogen) atoms. The van der Waals surface area contributed by atoms with Gasteiger partial charge in [-0.1, -0.05) is 36.2 Å². The maximum Gasteiger partial charge on any atom is 0.367 e. The van der Waals surface area contributed by atoms with Crippen molar-refractivity contribution in [3.63, 3.8) is 0 Å². The van der Waals surface area contributed by atoms with E-state index in [4.69, 9.17) is 0 Å². The standard InChI is InChI=1S/C16H18N2OS/c1-11-6-8-12(9-7-11)10-20-15-13-4-2-3-5-14(13)17-16(19)18-15/h6-9,13H,2-5,10H2,1H3. The van der Waals surface area contributed by atoms with Crippen LogP contribution in [0.2, 0.25) is 0 Å². The molecule has 0 aromatic heterocycles. The van der Waals surface area contributed by atoms with Crippen molar-refractivity contribution in [2.75, 3.05) is 0 Å². The second-order valence-electron chi connectivity index (χ2n) is 5.41. The largest absolute Gasteiger partial charge is 0.367 e. The molecule has 104 valence electrons. The first-order valence-corrected chi connectivity index (χ1v) is 8.09. The van der Waals surface area contributed by atoms with Gasteiger partial charge in [0.2, 0.25) is 0 Å². The number of thioether (sulfide) groups is 1. The Morgan fingerprint density at radius 2 is 2.00 bits per heavy atom. The van der Waals surface area contributed by atoms with E-state index in [9.17, 15) is 4.79 Å². The fourth-order valence-corrected chi connectivity index (χ4v) is 3.79. The van der Waals surface area contributed by atoms with Gasteiger partial charge in [0.15, 0.2) is 0 Å². The van der Waals surface area contributed by atoms with Gasteiger partial charge in [-0.15, -0.1) is 11.8 Å². The molecule has 0 radical (unpaired) electrons. The Bertz CT molecular complexity index is 575. The molecule has 1 aliphatic carbocycles. The van der Waals surface area contributed by atoms with E-state index in [0.717, 1.165) is 35.8 Å². The minimum absolute atomic E-state index is 0.303. The van der Waals surface area contributed by atoms with E-state index in [0.29, 0.717) is 5.92 Å². The Balaban J connectivity index is 1.70. The summed E-state index contributed by atoms with van der Waals surface area (Å²) >= 11 is 1.69. The number of hydrogen-bond acceptors (Lipinski definition) is 2. The van der Waals surface area contributed by atoms with Gasteiger partial charge in [0.25, 0.3) is 0 Å². The highest BCUT2D eigenvalue weighted by Gasteiger charge is 2.30. The van der Waals surface area contributed by atoms with Crippen LogP contribution >= 0.6 is 11.8 Å². The molecular weight excluding hydrogens is 268 g/mol. The molecule has 0 bridgehead atoms. The molecule has 4 heteroatoms. The van der Waals surface area contributed by atoms with Gasteiger partial charge in [-0.2, -0.15) is 4.99 Å². The second-order valence-corrected chi connectivity index (χ2v) is 6.40. The van der Waals surface area contributed by atoms with Crippen molar-refractivity contribution < 1.29 is 4.79 Å². The van der Waals surface area contributed by atoms with Crippen LogP contribution in [0.3, 0.4) is 0 Å². The lowest BCUT2D eigenvalue weighted by Crippen LogP contribution is -2.30. The lowest BCUT2D eigenvalue weighted by atomic mass is 9.87. The van der Waals surface area contributed by atoms with Gasteiger partial charge in [-0.25, -0.2) is 9.79 Å². The van der Waals surface area contributed by atoms with Crippen LogP contribution in [0, 0.1) is 12.8 Å². The first-order chi connectivity index (χ1) is 9.72. The zero-order valence-corrected chi connectivity index (χ0v) is 12.4. The number of amides is 2. The lowest BCUT2D eigenvalue weighted by molar-refractivity contribution is 0.256. The predicted octanol–water partition coefficient (Wildman–Crippen LogP) is 4.39. The molecule has 3 rings (SSSR count). The highest BCUT2D eigenvalue weighted by Crippen LogP contribution is 2.31. The quantitative estimate of drug-likeness (QED) is 0.809. The summed E-state index contributed by atoms with van der Waals surface area (Å²) in [5.41, 5.74) is 3.60. The Morgan fingerprint density at radius 1 is 1.20 bits per heavy atom. The average Bonchev–Trinajstić information content (AvgIpc) is 2.46. The minimum Gasteiger partial charge on any atom is -0.244 e. The molecule has 0 N–H and O–H groups in total. The number of rotatable bonds is 2. The van der Waals surface area contributed by atoms with E-state index in [1.807, 2.05) is 0 Å². The number of benzene rings is 1. The van der Waals surface area contributed by atoms with E-state index in [1.54, 1.807) is 11.8 Å². The summed E-state index contributed by atoms with van der Waals surface area (Å²) in [7, 11) is 0. The number of aryl methyl sites for hydroxylation is 1. The summed E-state index contributed by atoms with van der Waals surface area (Å²) in [6.45, 7) is 2.09. The number of aliphatic imine (C=N–C) groups is 2. The molecular formula is C16H18N2OS. The monoisotopic (exact) mass is 286 g/mol. The number of fused-ring (bicyclic) bond motifs is 1. The summed E-state index contributed by atoms with van der Waals surface area (Å²) in [4.78, 5) is 19.8. The SMILES string of the molecule is Cc1ccc(CSC2=NC(=O)N=C3CCCCC32)cc1. The van der Waals surface area contributed by atoms with Crippen LogP contribution in [0.5, 0.6) is 0 Å². The first kappa shape index (κ1) is 13.6. The van der Waals surface area contributed by atoms with Gasteiger partial charge in [-0.3, -0.25) is 0 Å². The molecule has 2 aliphatic rings. The summed E-state index contributed by atoms with van der Waals surface area (Å²) in [5.74, 6) is 1.17. The van der Waals surface area contributed by atoms with Crippen molar-refractivity contribution >= 4 is 28.5 Å². The fourth-order valence-electron chi connectivity index (χ4n) is 2.69. The van der Waals surface area contributed by atoms with Crippen LogP contribution in [0.1, 0.15) is 36.8 Å². The van der Waals surface area contributed by atoms with Crippen molar-refractivity contribution in [3.05, 3.63) is 35.4 Å². The zero-order chi connectivity index (χ0) is 13.9. The molecule has 1 heterocycles. The molecule has 1 aliphatic heterocycles. The average molecular weight is 286 g/mol. The molecule has 3 nitrogen and oxygen atoms in total. The second kappa shape index (κ2) is 5.92. The maximum absolute atomic E-state index is 11.6. The topological polar surface area (TPSA) is 41.8 Å². The van der Waals surface area contributed by atoms with Gasteiger partial charge >= 0.3 is 6.03 Å². The van der Waals surface area contributed by atoms with Crippen LogP contribution < -0.4 is 0 Å². The van der Waals surface area contributed by atoms with Gasteiger partial charge in [0.05, 0.1) is 5.04 Å². The number of nitrogens with zero attached hydrogens (tertiary/aromatic N) is 2. The number of carbonyl (C=O) groups is 1. The van der Waals surface area contributed by atoms with Gasteiger partial charge in [0, 0.05) is 17.4 Å². The van der Waals surface area contributed by atoms with E-state index in [-0.39, 0.29) is 6.03 Å². The number of hydrogen-bond donors (Lipinski definition) is 0. The van der Waals surface area contributed by atoms with Crippen LogP contribution in [0.15, 0.2) is 34.3 Å². The van der Waals surface area contributed by atoms with Crippen molar-refractivity contribution in [2.45, 2.75) is 38.4 Å². The van der Waals surface area contributed by atoms with E-state index in [1.165, 1.54) is 17.5 Å². The predicted molar refractivity (Wildman–Crippen MR) is 84.7 cm³/mol. The fraction of sp³-hybridized carbons (Fsp3) is 0.438. The molecule has 1 aromatic carbocycles. The Hall–Kier alpha value is -1.42. The normalized spacial score (nSPS) is 22.1. The number of carbonyl (C=O) groups excluding carboxylic acids is 1. The minimum atomic E-state index is -0.315. The molecule has 2 amide bonds. The smallest absolute Gasteiger partial charge is 0.244 e. The van der Waals surface area contributed by atoms with Crippen LogP contribution in [0.4, 0.5) is 4.79 Å². The molecule has 0 saturated heterocycles. The molecule has 0 spiro atoms. The van der Waals surface area contributed by atoms with Crippen molar-refractivity contribution in [1.82, 2.24) is 0 Å². The Morgan fingerprint density at radius 3 is 2.80 bits per heavy atom. The highest BCUT2D eigenvalue weighted by molar-refractivity contribution is 8.13. The summed E-state index contributed by atoms with van der Waals surface area (Å²) in [6.07, 6.45) is 4.41. The molecule has 1 saturated carbocycles. The Kier molecular flexibility index (Phi) is 4.01. The zero-order valence-electron chi connectivity index (χ0n) is 11.6. The lowest BCUT2D eigenvalue weighted by Gasteiger charge is -2.27. The number of urea groups is 1. The van der Waals surface area contributed by atoms with Crippen molar-refractivity contribution in [2.24, 2.45) is 15.9 Å². The van der Waals surface area contributed by atoms with Crippen LogP contribution in [0.25, 0.3) is 0 Å². The Labute approximate surface area is 123 Å². The van der Waals surface area contributed by atoms with E-state index in [2.05, 4.69) is 41.2 Å². The third kappa shape index (κ3) is 3.01. The van der Waals surface area contributed by atoms with Gasteiger partial charge in [-0.05, 0) is 31.7 Å². The third-order valence-corrected chi connectivity index (χ3v) is 4.98.